The second-order valence-corrected chi connectivity index (χ2v) is 13.2. The van der Waals surface area contributed by atoms with Crippen LogP contribution in [0.3, 0.4) is 0 Å². The molecule has 0 spiro atoms. The summed E-state index contributed by atoms with van der Waals surface area (Å²) in [6.45, 7) is 4.27. The number of aromatic nitrogens is 8. The molecule has 0 atom stereocenters. The molecule has 0 fully saturated rings. The number of para-hydroxylation sites is 4. The monoisotopic (exact) mass is 764 g/mol. The predicted molar refractivity (Wildman–Crippen MR) is 201 cm³/mol. The molecular formula is C43H30N8Pd. The topological polar surface area (TPSA) is 71.3 Å². The number of nitrogens with zero attached hydrogens (tertiary/aromatic N) is 8. The maximum absolute atomic E-state index is 5.09. The molecule has 0 amide bonds. The van der Waals surface area contributed by atoms with E-state index in [0.717, 1.165) is 45.1 Å². The van der Waals surface area contributed by atoms with E-state index < -0.39 is 5.41 Å². The summed E-state index contributed by atoms with van der Waals surface area (Å²) in [4.78, 5) is 10.2. The number of hydrogen-bond acceptors (Lipinski definition) is 4. The molecule has 10 rings (SSSR count). The number of pyridine rings is 2. The van der Waals surface area contributed by atoms with Crippen LogP contribution in [0.25, 0.3) is 66.9 Å². The summed E-state index contributed by atoms with van der Waals surface area (Å²) in [5, 5.41) is 14.7. The minimum Gasteiger partial charge on any atom is -0.346 e. The summed E-state index contributed by atoms with van der Waals surface area (Å²) in [6, 6.07) is 49.5. The largest absolute Gasteiger partial charge is 2.00 e. The van der Waals surface area contributed by atoms with Crippen molar-refractivity contribution in [1.82, 2.24) is 38.7 Å². The molecule has 0 bridgehead atoms. The zero-order valence-electron chi connectivity index (χ0n) is 28.3. The van der Waals surface area contributed by atoms with E-state index in [0.29, 0.717) is 11.6 Å². The van der Waals surface area contributed by atoms with Gasteiger partial charge in [0.2, 0.25) is 0 Å². The van der Waals surface area contributed by atoms with Crippen molar-refractivity contribution in [3.63, 3.8) is 0 Å². The maximum Gasteiger partial charge on any atom is 2.00 e. The smallest absolute Gasteiger partial charge is 0.346 e. The third-order valence-electron chi connectivity index (χ3n) is 9.84. The van der Waals surface area contributed by atoms with E-state index in [2.05, 4.69) is 132 Å². The average Bonchev–Trinajstić information content (AvgIpc) is 3.98. The van der Waals surface area contributed by atoms with E-state index in [1.165, 1.54) is 21.5 Å². The van der Waals surface area contributed by atoms with Crippen LogP contribution in [0, 0.1) is 12.4 Å². The fraction of sp³-hybridized carbons (Fsp3) is 0.0698. The van der Waals surface area contributed by atoms with Gasteiger partial charge in [0, 0.05) is 60.4 Å². The second kappa shape index (κ2) is 12.3. The van der Waals surface area contributed by atoms with Crippen LogP contribution >= 0.6 is 0 Å². The summed E-state index contributed by atoms with van der Waals surface area (Å²) in [7, 11) is 0. The minimum atomic E-state index is -0.530. The molecule has 8 nitrogen and oxygen atoms in total. The molecule has 0 aliphatic rings. The van der Waals surface area contributed by atoms with E-state index >= 15 is 0 Å². The van der Waals surface area contributed by atoms with E-state index in [9.17, 15) is 0 Å². The third kappa shape index (κ3) is 4.93. The first-order chi connectivity index (χ1) is 25.0. The summed E-state index contributed by atoms with van der Waals surface area (Å²) >= 11 is 0. The molecule has 4 aromatic carbocycles. The van der Waals surface area contributed by atoms with Crippen molar-refractivity contribution >= 4 is 43.6 Å². The van der Waals surface area contributed by atoms with Crippen LogP contribution in [0.4, 0.5) is 0 Å². The molecule has 0 saturated heterocycles. The van der Waals surface area contributed by atoms with Gasteiger partial charge in [-0.15, -0.1) is 12.1 Å². The Morgan fingerprint density at radius 2 is 0.769 bits per heavy atom. The molecule has 0 aliphatic heterocycles. The van der Waals surface area contributed by atoms with Crippen LogP contribution in [0.1, 0.15) is 25.2 Å². The van der Waals surface area contributed by atoms with E-state index in [4.69, 9.17) is 20.2 Å². The number of benzene rings is 4. The standard InChI is InChI=1S/C43H30N8.Pd/c1-43(2,37-21-11-23-39(44-37)48-27-25-41(46-48)50-33-17-7-3-13-29(33)30-14-4-8-18-34(30)50)38-22-12-24-40(45-38)49-28-26-42(47-49)51-35-19-9-5-15-31(35)32-16-6-10-20-36(32)51;/h3-26H,1-2H3;/q-2;+2. The fourth-order valence-corrected chi connectivity index (χ4v) is 7.26. The van der Waals surface area contributed by atoms with Gasteiger partial charge in [0.05, 0.1) is 23.3 Å². The molecule has 252 valence electrons. The first kappa shape index (κ1) is 31.8. The number of fused-ring (bicyclic) bond motifs is 6. The van der Waals surface area contributed by atoms with Crippen molar-refractivity contribution in [2.45, 2.75) is 19.3 Å². The van der Waals surface area contributed by atoms with Gasteiger partial charge in [-0.25, -0.2) is 10.2 Å². The van der Waals surface area contributed by atoms with Crippen molar-refractivity contribution in [1.29, 1.82) is 0 Å². The number of hydrogen-bond donors (Lipinski definition) is 0. The Labute approximate surface area is 313 Å². The van der Waals surface area contributed by atoms with Crippen molar-refractivity contribution in [2.75, 3.05) is 0 Å². The van der Waals surface area contributed by atoms with Gasteiger partial charge >= 0.3 is 20.4 Å². The Balaban J connectivity index is 0.00000360. The molecule has 0 N–H and O–H groups in total. The van der Waals surface area contributed by atoms with Crippen LogP contribution in [0.2, 0.25) is 0 Å². The normalized spacial score (nSPS) is 11.9. The molecule has 9 heteroatoms. The van der Waals surface area contributed by atoms with Gasteiger partial charge in [-0.1, -0.05) is 109 Å². The van der Waals surface area contributed by atoms with E-state index in [1.54, 1.807) is 9.36 Å². The van der Waals surface area contributed by atoms with Crippen LogP contribution < -0.4 is 0 Å². The van der Waals surface area contributed by atoms with Gasteiger partial charge in [-0.3, -0.25) is 9.97 Å². The third-order valence-corrected chi connectivity index (χ3v) is 9.84. The van der Waals surface area contributed by atoms with E-state index in [-0.39, 0.29) is 20.4 Å². The Morgan fingerprint density at radius 3 is 1.13 bits per heavy atom. The quantitative estimate of drug-likeness (QED) is 0.125. The summed E-state index contributed by atoms with van der Waals surface area (Å²) in [5.41, 5.74) is 5.60. The Morgan fingerprint density at radius 1 is 0.423 bits per heavy atom. The average molecular weight is 765 g/mol. The maximum atomic E-state index is 5.09. The van der Waals surface area contributed by atoms with Gasteiger partial charge in [-0.2, -0.15) is 0 Å². The first-order valence-corrected chi connectivity index (χ1v) is 16.9. The van der Waals surface area contributed by atoms with Gasteiger partial charge in [0.25, 0.3) is 0 Å². The van der Waals surface area contributed by atoms with E-state index in [1.807, 2.05) is 48.5 Å². The summed E-state index contributed by atoms with van der Waals surface area (Å²) in [5.74, 6) is 2.92. The van der Waals surface area contributed by atoms with Crippen LogP contribution in [-0.4, -0.2) is 38.7 Å². The molecular weight excluding hydrogens is 735 g/mol. The van der Waals surface area contributed by atoms with Crippen molar-refractivity contribution in [2.24, 2.45) is 0 Å². The van der Waals surface area contributed by atoms with Crippen molar-refractivity contribution in [3.8, 4) is 23.3 Å². The van der Waals surface area contributed by atoms with Gasteiger partial charge in [0.1, 0.15) is 0 Å². The minimum absolute atomic E-state index is 0. The SMILES string of the molecule is CC(C)(c1cccc(-n2[c-]cc(-n3c4ccccc4c4ccccc43)n2)n1)c1cccc(-n2[c-]cc(-n3c4ccccc4c4ccccc43)n2)n1.[Pd+2]. The van der Waals surface area contributed by atoms with Gasteiger partial charge in [-0.05, 0) is 50.2 Å². The predicted octanol–water partition coefficient (Wildman–Crippen LogP) is 8.97. The van der Waals surface area contributed by atoms with Crippen LogP contribution in [-0.2, 0) is 25.8 Å². The molecule has 0 saturated carbocycles. The molecule has 6 heterocycles. The molecule has 0 aliphatic carbocycles. The zero-order chi connectivity index (χ0) is 34.1. The van der Waals surface area contributed by atoms with Gasteiger partial charge < -0.3 is 18.5 Å². The fourth-order valence-electron chi connectivity index (χ4n) is 7.26. The Kier molecular flexibility index (Phi) is 7.51. The van der Waals surface area contributed by atoms with Gasteiger partial charge in [0.15, 0.2) is 0 Å². The molecule has 0 radical (unpaired) electrons. The molecule has 6 aromatic heterocycles. The molecule has 52 heavy (non-hydrogen) atoms. The van der Waals surface area contributed by atoms with Crippen molar-refractivity contribution in [3.05, 3.63) is 169 Å². The zero-order valence-corrected chi connectivity index (χ0v) is 29.8. The summed E-state index contributed by atoms with van der Waals surface area (Å²) < 4.78 is 7.80. The van der Waals surface area contributed by atoms with Crippen molar-refractivity contribution < 1.29 is 20.4 Å². The second-order valence-electron chi connectivity index (χ2n) is 13.2. The Hall–Kier alpha value is -6.14. The first-order valence-electron chi connectivity index (χ1n) is 16.9. The van der Waals surface area contributed by atoms with Crippen LogP contribution in [0.5, 0.6) is 0 Å². The number of rotatable bonds is 6. The molecule has 0 unspecified atom stereocenters. The molecule has 10 aromatic rings. The summed E-state index contributed by atoms with van der Waals surface area (Å²) in [6.07, 6.45) is 6.63. The Bertz CT molecular complexity index is 2620. The van der Waals surface area contributed by atoms with Crippen LogP contribution in [0.15, 0.2) is 146 Å².